The molecular formula is C16H10BrCl2NO2. The van der Waals surface area contributed by atoms with Gasteiger partial charge in [-0.05, 0) is 29.3 Å². The molecule has 0 amide bonds. The summed E-state index contributed by atoms with van der Waals surface area (Å²) < 4.78 is 0.729. The van der Waals surface area contributed by atoms with E-state index in [0.29, 0.717) is 21.2 Å². The molecule has 0 heterocycles. The molecule has 2 unspecified atom stereocenters. The van der Waals surface area contributed by atoms with Crippen molar-refractivity contribution in [3.05, 3.63) is 68.1 Å². The molecule has 2 aromatic carbocycles. The molecule has 0 radical (unpaired) electrons. The standard InChI is InChI=1S/C16H10BrCl2NO2/c17-12-4-2-1-3-10(12)15(11(8-20)16(21)22)9-5-6-13(18)14(19)7-9/h1-7,11,15H,(H,21,22). The van der Waals surface area contributed by atoms with Crippen LogP contribution in [0.2, 0.25) is 10.0 Å². The Balaban J connectivity index is 2.65. The first-order chi connectivity index (χ1) is 10.5. The van der Waals surface area contributed by atoms with Crippen molar-refractivity contribution < 1.29 is 9.90 Å². The molecular weight excluding hydrogens is 389 g/mol. The number of nitrogens with zero attached hydrogens (tertiary/aromatic N) is 1. The Morgan fingerprint density at radius 2 is 1.86 bits per heavy atom. The van der Waals surface area contributed by atoms with Crippen LogP contribution in [0.4, 0.5) is 0 Å². The second kappa shape index (κ2) is 7.15. The summed E-state index contributed by atoms with van der Waals surface area (Å²) in [6, 6.07) is 13.9. The van der Waals surface area contributed by atoms with Gasteiger partial charge in [0, 0.05) is 10.4 Å². The molecule has 3 nitrogen and oxygen atoms in total. The van der Waals surface area contributed by atoms with Crippen LogP contribution in [0, 0.1) is 17.2 Å². The summed E-state index contributed by atoms with van der Waals surface area (Å²) >= 11 is 15.4. The van der Waals surface area contributed by atoms with Crippen LogP contribution in [0.15, 0.2) is 46.9 Å². The molecule has 0 aromatic heterocycles. The summed E-state index contributed by atoms with van der Waals surface area (Å²) in [6.07, 6.45) is 0. The minimum atomic E-state index is -1.24. The van der Waals surface area contributed by atoms with Crippen molar-refractivity contribution in [3.63, 3.8) is 0 Å². The first-order valence-corrected chi connectivity index (χ1v) is 7.82. The van der Waals surface area contributed by atoms with E-state index < -0.39 is 17.8 Å². The lowest BCUT2D eigenvalue weighted by Crippen LogP contribution is -2.22. The highest BCUT2D eigenvalue weighted by molar-refractivity contribution is 9.10. The molecule has 0 aliphatic carbocycles. The number of halogens is 3. The first-order valence-electron chi connectivity index (χ1n) is 6.27. The SMILES string of the molecule is N#CC(C(=O)O)C(c1ccc(Cl)c(Cl)c1)c1ccccc1Br. The normalized spacial score (nSPS) is 13.2. The number of hydrogen-bond donors (Lipinski definition) is 1. The zero-order chi connectivity index (χ0) is 16.3. The van der Waals surface area contributed by atoms with E-state index in [2.05, 4.69) is 15.9 Å². The van der Waals surface area contributed by atoms with Gasteiger partial charge in [-0.1, -0.05) is 63.4 Å². The second-order valence-electron chi connectivity index (χ2n) is 4.62. The van der Waals surface area contributed by atoms with Crippen LogP contribution < -0.4 is 0 Å². The zero-order valence-corrected chi connectivity index (χ0v) is 14.2. The molecule has 0 bridgehead atoms. The van der Waals surface area contributed by atoms with Gasteiger partial charge in [0.2, 0.25) is 0 Å². The predicted molar refractivity (Wildman–Crippen MR) is 89.2 cm³/mol. The van der Waals surface area contributed by atoms with Crippen LogP contribution in [0.1, 0.15) is 17.0 Å². The Bertz CT molecular complexity index is 758. The fraction of sp³-hybridized carbons (Fsp3) is 0.125. The maximum absolute atomic E-state index is 11.5. The number of nitriles is 1. The fourth-order valence-electron chi connectivity index (χ4n) is 2.26. The molecule has 0 saturated heterocycles. The minimum absolute atomic E-state index is 0.318. The number of carbonyl (C=O) groups is 1. The summed E-state index contributed by atoms with van der Waals surface area (Å²) in [5.41, 5.74) is 1.32. The third-order valence-corrected chi connectivity index (χ3v) is 4.74. The molecule has 112 valence electrons. The van der Waals surface area contributed by atoms with Crippen molar-refractivity contribution in [1.29, 1.82) is 5.26 Å². The number of hydrogen-bond acceptors (Lipinski definition) is 2. The van der Waals surface area contributed by atoms with Gasteiger partial charge in [-0.2, -0.15) is 5.26 Å². The van der Waals surface area contributed by atoms with Crippen LogP contribution in [0.5, 0.6) is 0 Å². The molecule has 0 fully saturated rings. The van der Waals surface area contributed by atoms with Gasteiger partial charge < -0.3 is 5.11 Å². The van der Waals surface area contributed by atoms with E-state index in [1.807, 2.05) is 12.1 Å². The average molecular weight is 399 g/mol. The van der Waals surface area contributed by atoms with E-state index in [0.717, 1.165) is 4.47 Å². The van der Waals surface area contributed by atoms with Crippen LogP contribution in [-0.2, 0) is 4.79 Å². The van der Waals surface area contributed by atoms with E-state index in [1.165, 1.54) is 0 Å². The molecule has 1 N–H and O–H groups in total. The molecule has 22 heavy (non-hydrogen) atoms. The van der Waals surface area contributed by atoms with Crippen molar-refractivity contribution in [2.45, 2.75) is 5.92 Å². The van der Waals surface area contributed by atoms with Gasteiger partial charge >= 0.3 is 5.97 Å². The summed E-state index contributed by atoms with van der Waals surface area (Å²) in [7, 11) is 0. The number of rotatable bonds is 4. The Labute approximate surface area is 146 Å². The highest BCUT2D eigenvalue weighted by Crippen LogP contribution is 2.38. The summed E-state index contributed by atoms with van der Waals surface area (Å²) in [6.45, 7) is 0. The molecule has 0 saturated carbocycles. The van der Waals surface area contributed by atoms with Crippen molar-refractivity contribution in [3.8, 4) is 6.07 Å². The topological polar surface area (TPSA) is 61.1 Å². The van der Waals surface area contributed by atoms with E-state index in [-0.39, 0.29) is 0 Å². The Kier molecular flexibility index (Phi) is 5.47. The van der Waals surface area contributed by atoms with Gasteiger partial charge in [0.15, 0.2) is 5.92 Å². The van der Waals surface area contributed by atoms with Crippen LogP contribution >= 0.6 is 39.1 Å². The van der Waals surface area contributed by atoms with E-state index in [1.54, 1.807) is 36.4 Å². The molecule has 0 aliphatic heterocycles. The van der Waals surface area contributed by atoms with Crippen LogP contribution in [-0.4, -0.2) is 11.1 Å². The summed E-state index contributed by atoms with van der Waals surface area (Å²) in [5.74, 6) is -3.09. The van der Waals surface area contributed by atoms with Gasteiger partial charge in [-0.25, -0.2) is 0 Å². The largest absolute Gasteiger partial charge is 0.480 e. The van der Waals surface area contributed by atoms with Crippen LogP contribution in [0.25, 0.3) is 0 Å². The average Bonchev–Trinajstić information content (AvgIpc) is 2.48. The summed E-state index contributed by atoms with van der Waals surface area (Å²) in [4.78, 5) is 11.5. The number of aliphatic carboxylic acids is 1. The van der Waals surface area contributed by atoms with Gasteiger partial charge in [0.05, 0.1) is 16.1 Å². The predicted octanol–water partition coefficient (Wildman–Crippen LogP) is 5.11. The fourth-order valence-corrected chi connectivity index (χ4v) is 3.09. The molecule has 2 aromatic rings. The van der Waals surface area contributed by atoms with Crippen molar-refractivity contribution >= 4 is 45.1 Å². The third kappa shape index (κ3) is 3.44. The van der Waals surface area contributed by atoms with Gasteiger partial charge in [0.1, 0.15) is 0 Å². The quantitative estimate of drug-likeness (QED) is 0.777. The highest BCUT2D eigenvalue weighted by Gasteiger charge is 2.32. The Morgan fingerprint density at radius 1 is 1.18 bits per heavy atom. The van der Waals surface area contributed by atoms with Gasteiger partial charge in [0.25, 0.3) is 0 Å². The Morgan fingerprint density at radius 3 is 2.41 bits per heavy atom. The molecule has 6 heteroatoms. The van der Waals surface area contributed by atoms with Crippen molar-refractivity contribution in [1.82, 2.24) is 0 Å². The Hall–Kier alpha value is -1.54. The van der Waals surface area contributed by atoms with Gasteiger partial charge in [-0.15, -0.1) is 0 Å². The lowest BCUT2D eigenvalue weighted by atomic mass is 9.81. The monoisotopic (exact) mass is 397 g/mol. The lowest BCUT2D eigenvalue weighted by Gasteiger charge is -2.22. The molecule has 2 rings (SSSR count). The number of carboxylic acids is 1. The third-order valence-electron chi connectivity index (χ3n) is 3.28. The smallest absolute Gasteiger partial charge is 0.321 e. The highest BCUT2D eigenvalue weighted by atomic mass is 79.9. The van der Waals surface area contributed by atoms with E-state index >= 15 is 0 Å². The van der Waals surface area contributed by atoms with E-state index in [4.69, 9.17) is 23.2 Å². The molecule has 0 spiro atoms. The first kappa shape index (κ1) is 16.8. The minimum Gasteiger partial charge on any atom is -0.480 e. The maximum atomic E-state index is 11.5. The van der Waals surface area contributed by atoms with Crippen LogP contribution in [0.3, 0.4) is 0 Å². The number of carboxylic acid groups (broad SMARTS) is 1. The molecule has 0 aliphatic rings. The number of benzene rings is 2. The van der Waals surface area contributed by atoms with E-state index in [9.17, 15) is 15.2 Å². The maximum Gasteiger partial charge on any atom is 0.321 e. The second-order valence-corrected chi connectivity index (χ2v) is 6.29. The van der Waals surface area contributed by atoms with Gasteiger partial charge in [-0.3, -0.25) is 4.79 Å². The molecule has 2 atom stereocenters. The van der Waals surface area contributed by atoms with Crippen molar-refractivity contribution in [2.24, 2.45) is 5.92 Å². The lowest BCUT2D eigenvalue weighted by molar-refractivity contribution is -0.140. The van der Waals surface area contributed by atoms with Crippen molar-refractivity contribution in [2.75, 3.05) is 0 Å². The summed E-state index contributed by atoms with van der Waals surface area (Å²) in [5, 5.41) is 19.4. The zero-order valence-electron chi connectivity index (χ0n) is 11.1.